The van der Waals surface area contributed by atoms with Gasteiger partial charge >= 0.3 is 0 Å². The first-order valence-electron chi connectivity index (χ1n) is 10.6. The van der Waals surface area contributed by atoms with Crippen molar-refractivity contribution < 1.29 is 9.15 Å². The fraction of sp³-hybridized carbons (Fsp3) is 0.167. The summed E-state index contributed by atoms with van der Waals surface area (Å²) >= 11 is 0. The van der Waals surface area contributed by atoms with E-state index in [1.165, 1.54) is 0 Å². The van der Waals surface area contributed by atoms with Gasteiger partial charge in [0, 0.05) is 25.5 Å². The van der Waals surface area contributed by atoms with Gasteiger partial charge in [-0.1, -0.05) is 12.1 Å². The van der Waals surface area contributed by atoms with Crippen molar-refractivity contribution in [1.29, 1.82) is 0 Å². The van der Waals surface area contributed by atoms with E-state index in [-0.39, 0.29) is 5.95 Å². The van der Waals surface area contributed by atoms with Crippen LogP contribution in [0, 0.1) is 0 Å². The van der Waals surface area contributed by atoms with Gasteiger partial charge < -0.3 is 24.7 Å². The molecule has 0 amide bonds. The van der Waals surface area contributed by atoms with Crippen molar-refractivity contribution >= 4 is 35.4 Å². The lowest BCUT2D eigenvalue weighted by Crippen LogP contribution is -2.09. The summed E-state index contributed by atoms with van der Waals surface area (Å²) in [5.41, 5.74) is 5.75. The Labute approximate surface area is 197 Å². The zero-order chi connectivity index (χ0) is 23.8. The summed E-state index contributed by atoms with van der Waals surface area (Å²) in [7, 11) is 5.63. The molecule has 4 rings (SSSR count). The minimum atomic E-state index is 0.286. The van der Waals surface area contributed by atoms with Crippen LogP contribution in [-0.2, 0) is 6.54 Å². The van der Waals surface area contributed by atoms with Crippen LogP contribution in [0.15, 0.2) is 76.4 Å². The van der Waals surface area contributed by atoms with E-state index in [0.717, 1.165) is 28.4 Å². The third kappa shape index (κ3) is 6.22. The van der Waals surface area contributed by atoms with E-state index in [2.05, 4.69) is 36.1 Å². The Morgan fingerprint density at radius 1 is 0.941 bits per heavy atom. The van der Waals surface area contributed by atoms with E-state index in [1.807, 2.05) is 79.7 Å². The van der Waals surface area contributed by atoms with Gasteiger partial charge in [-0.3, -0.25) is 0 Å². The Morgan fingerprint density at radius 3 is 2.35 bits per heavy atom. The number of nitrogens with zero attached hydrogens (tertiary/aromatic N) is 5. The molecule has 0 fully saturated rings. The number of hydrogen-bond acceptors (Lipinski definition) is 10. The Morgan fingerprint density at radius 2 is 1.68 bits per heavy atom. The predicted octanol–water partition coefficient (Wildman–Crippen LogP) is 4.34. The molecule has 0 atom stereocenters. The van der Waals surface area contributed by atoms with Gasteiger partial charge in [-0.05, 0) is 54.1 Å². The molecule has 0 saturated carbocycles. The van der Waals surface area contributed by atoms with Gasteiger partial charge in [0.15, 0.2) is 0 Å². The van der Waals surface area contributed by atoms with Crippen LogP contribution in [0.3, 0.4) is 0 Å². The predicted molar refractivity (Wildman–Crippen MR) is 134 cm³/mol. The maximum absolute atomic E-state index is 5.37. The van der Waals surface area contributed by atoms with Crippen molar-refractivity contribution in [3.63, 3.8) is 0 Å². The molecular weight excluding hydrogens is 432 g/mol. The lowest BCUT2D eigenvalue weighted by atomic mass is 10.2. The van der Waals surface area contributed by atoms with Crippen LogP contribution >= 0.6 is 0 Å². The van der Waals surface area contributed by atoms with E-state index < -0.39 is 0 Å². The molecule has 0 aliphatic rings. The molecule has 34 heavy (non-hydrogen) atoms. The first-order valence-corrected chi connectivity index (χ1v) is 10.6. The molecule has 0 spiro atoms. The van der Waals surface area contributed by atoms with Gasteiger partial charge in [0.1, 0.15) is 11.5 Å². The summed E-state index contributed by atoms with van der Waals surface area (Å²) in [5.74, 6) is 2.54. The standard InChI is InChI=1S/C24H26N8O2/c1-32(2)19-10-6-17(7-11-19)15-26-31-24-29-22(25-16-21-5-4-14-34-21)28-23(30-24)27-18-8-12-20(33-3)13-9-18/h4-15H,16H2,1-3H3,(H3,25,27,28,29,30,31). The minimum absolute atomic E-state index is 0.286. The number of methoxy groups -OCH3 is 1. The van der Waals surface area contributed by atoms with Crippen LogP contribution in [0.4, 0.5) is 29.2 Å². The van der Waals surface area contributed by atoms with Gasteiger partial charge in [-0.2, -0.15) is 20.1 Å². The first-order chi connectivity index (χ1) is 16.6. The number of nitrogens with one attached hydrogen (secondary N) is 3. The maximum Gasteiger partial charge on any atom is 0.250 e. The van der Waals surface area contributed by atoms with Crippen LogP contribution in [0.1, 0.15) is 11.3 Å². The number of hydrazone groups is 1. The van der Waals surface area contributed by atoms with Gasteiger partial charge in [0.25, 0.3) is 0 Å². The molecule has 0 aliphatic heterocycles. The number of rotatable bonds is 10. The molecule has 0 radical (unpaired) electrons. The normalized spacial score (nSPS) is 10.8. The lowest BCUT2D eigenvalue weighted by Gasteiger charge is -2.11. The quantitative estimate of drug-likeness (QED) is 0.236. The summed E-state index contributed by atoms with van der Waals surface area (Å²) in [6, 6.07) is 19.2. The van der Waals surface area contributed by atoms with E-state index in [9.17, 15) is 0 Å². The van der Waals surface area contributed by atoms with Crippen molar-refractivity contribution in [3.05, 3.63) is 78.3 Å². The summed E-state index contributed by atoms with van der Waals surface area (Å²) < 4.78 is 10.6. The highest BCUT2D eigenvalue weighted by atomic mass is 16.5. The second-order valence-electron chi connectivity index (χ2n) is 7.45. The van der Waals surface area contributed by atoms with Gasteiger partial charge in [0.2, 0.25) is 17.8 Å². The zero-order valence-electron chi connectivity index (χ0n) is 19.2. The number of anilines is 5. The van der Waals surface area contributed by atoms with Crippen molar-refractivity contribution in [2.75, 3.05) is 42.2 Å². The molecule has 4 aromatic rings. The number of aromatic nitrogens is 3. The first kappa shape index (κ1) is 22.6. The zero-order valence-corrected chi connectivity index (χ0v) is 19.2. The fourth-order valence-corrected chi connectivity index (χ4v) is 2.97. The maximum atomic E-state index is 5.37. The largest absolute Gasteiger partial charge is 0.497 e. The molecule has 10 nitrogen and oxygen atoms in total. The molecule has 174 valence electrons. The molecule has 2 heterocycles. The third-order valence-corrected chi connectivity index (χ3v) is 4.77. The highest BCUT2D eigenvalue weighted by molar-refractivity contribution is 5.80. The number of furan rings is 1. The van der Waals surface area contributed by atoms with Crippen LogP contribution in [0.25, 0.3) is 0 Å². The molecule has 10 heteroatoms. The SMILES string of the molecule is COc1ccc(Nc2nc(NCc3ccco3)nc(NN=Cc3ccc(N(C)C)cc3)n2)cc1. The molecule has 0 bridgehead atoms. The Balaban J connectivity index is 1.50. The summed E-state index contributed by atoms with van der Waals surface area (Å²) in [5, 5.41) is 10.6. The molecule has 0 saturated heterocycles. The number of hydrogen-bond donors (Lipinski definition) is 3. The van der Waals surface area contributed by atoms with Gasteiger partial charge in [0.05, 0.1) is 26.1 Å². The molecule has 2 aromatic heterocycles. The van der Waals surface area contributed by atoms with E-state index in [0.29, 0.717) is 18.4 Å². The Bertz CT molecular complexity index is 1210. The third-order valence-electron chi connectivity index (χ3n) is 4.77. The van der Waals surface area contributed by atoms with Crippen molar-refractivity contribution in [2.45, 2.75) is 6.54 Å². The van der Waals surface area contributed by atoms with Gasteiger partial charge in [-0.25, -0.2) is 5.43 Å². The van der Waals surface area contributed by atoms with E-state index in [4.69, 9.17) is 9.15 Å². The number of ether oxygens (including phenoxy) is 1. The molecular formula is C24H26N8O2. The monoisotopic (exact) mass is 458 g/mol. The van der Waals surface area contributed by atoms with Crippen molar-refractivity contribution in [2.24, 2.45) is 5.10 Å². The van der Waals surface area contributed by atoms with Crippen LogP contribution < -0.4 is 25.7 Å². The fourth-order valence-electron chi connectivity index (χ4n) is 2.97. The van der Waals surface area contributed by atoms with Crippen LogP contribution in [-0.4, -0.2) is 42.4 Å². The van der Waals surface area contributed by atoms with Crippen molar-refractivity contribution in [1.82, 2.24) is 15.0 Å². The van der Waals surface area contributed by atoms with Crippen molar-refractivity contribution in [3.8, 4) is 5.75 Å². The number of benzene rings is 2. The second-order valence-corrected chi connectivity index (χ2v) is 7.45. The second kappa shape index (κ2) is 10.8. The Hall–Kier alpha value is -4.60. The summed E-state index contributed by atoms with van der Waals surface area (Å²) in [6.07, 6.45) is 3.32. The molecule has 2 aromatic carbocycles. The van der Waals surface area contributed by atoms with E-state index in [1.54, 1.807) is 19.6 Å². The molecule has 0 aliphatic carbocycles. The van der Waals surface area contributed by atoms with Crippen LogP contribution in [0.5, 0.6) is 5.75 Å². The smallest absolute Gasteiger partial charge is 0.250 e. The molecule has 3 N–H and O–H groups in total. The minimum Gasteiger partial charge on any atom is -0.497 e. The highest BCUT2D eigenvalue weighted by Gasteiger charge is 2.08. The molecule has 0 unspecified atom stereocenters. The van der Waals surface area contributed by atoms with Gasteiger partial charge in [-0.15, -0.1) is 0 Å². The summed E-state index contributed by atoms with van der Waals surface area (Å²) in [6.45, 7) is 0.430. The van der Waals surface area contributed by atoms with Crippen LogP contribution in [0.2, 0.25) is 0 Å². The Kier molecular flexibility index (Phi) is 7.19. The lowest BCUT2D eigenvalue weighted by molar-refractivity contribution is 0.415. The summed E-state index contributed by atoms with van der Waals surface area (Å²) in [4.78, 5) is 15.3. The topological polar surface area (TPSA) is 113 Å². The average Bonchev–Trinajstić information content (AvgIpc) is 3.37. The highest BCUT2D eigenvalue weighted by Crippen LogP contribution is 2.19. The average molecular weight is 459 g/mol. The van der Waals surface area contributed by atoms with E-state index >= 15 is 0 Å².